The number of hydrogen-bond acceptors (Lipinski definition) is 2. The zero-order chi connectivity index (χ0) is 14.5. The summed E-state index contributed by atoms with van der Waals surface area (Å²) in [4.78, 5) is 0. The smallest absolute Gasteiger partial charge is 0.00179 e. The third-order valence-electron chi connectivity index (χ3n) is 4.87. The van der Waals surface area contributed by atoms with Gasteiger partial charge in [0.1, 0.15) is 0 Å². The molecule has 1 saturated carbocycles. The van der Waals surface area contributed by atoms with Crippen molar-refractivity contribution in [2.45, 2.75) is 78.1 Å². The van der Waals surface area contributed by atoms with Gasteiger partial charge in [-0.3, -0.25) is 0 Å². The van der Waals surface area contributed by atoms with Crippen molar-refractivity contribution < 1.29 is 0 Å². The molecule has 0 spiro atoms. The SMILES string of the molecule is CCCCCCCCC1CCC1CNCCCNCC. The normalized spacial score (nSPS) is 21.9. The van der Waals surface area contributed by atoms with Gasteiger partial charge in [0.15, 0.2) is 0 Å². The molecular formula is C18H38N2. The molecule has 0 radical (unpaired) electrons. The molecule has 2 nitrogen and oxygen atoms in total. The van der Waals surface area contributed by atoms with Crippen LogP contribution in [0.25, 0.3) is 0 Å². The summed E-state index contributed by atoms with van der Waals surface area (Å²) in [5.41, 5.74) is 0. The Morgan fingerprint density at radius 2 is 1.45 bits per heavy atom. The molecule has 1 aliphatic rings. The van der Waals surface area contributed by atoms with Crippen LogP contribution < -0.4 is 10.6 Å². The van der Waals surface area contributed by atoms with Crippen LogP contribution in [0.15, 0.2) is 0 Å². The molecule has 1 rings (SSSR count). The molecule has 2 heteroatoms. The Morgan fingerprint density at radius 3 is 2.15 bits per heavy atom. The van der Waals surface area contributed by atoms with Gasteiger partial charge in [-0.25, -0.2) is 0 Å². The zero-order valence-corrected chi connectivity index (χ0v) is 14.1. The second-order valence-electron chi connectivity index (χ2n) is 6.57. The maximum atomic E-state index is 3.65. The Kier molecular flexibility index (Phi) is 11.4. The summed E-state index contributed by atoms with van der Waals surface area (Å²) in [5.74, 6) is 2.03. The second-order valence-corrected chi connectivity index (χ2v) is 6.57. The predicted molar refractivity (Wildman–Crippen MR) is 90.2 cm³/mol. The quantitative estimate of drug-likeness (QED) is 0.463. The average Bonchev–Trinajstić information content (AvgIpc) is 2.44. The van der Waals surface area contributed by atoms with Crippen molar-refractivity contribution in [1.29, 1.82) is 0 Å². The highest BCUT2D eigenvalue weighted by atomic mass is 14.9. The maximum absolute atomic E-state index is 3.65. The van der Waals surface area contributed by atoms with Crippen LogP contribution in [-0.2, 0) is 0 Å². The first-order chi connectivity index (χ1) is 9.88. The lowest BCUT2D eigenvalue weighted by atomic mass is 9.71. The molecule has 20 heavy (non-hydrogen) atoms. The first-order valence-electron chi connectivity index (χ1n) is 9.29. The van der Waals surface area contributed by atoms with E-state index in [9.17, 15) is 0 Å². The van der Waals surface area contributed by atoms with Gasteiger partial charge < -0.3 is 10.6 Å². The molecule has 0 aliphatic heterocycles. The van der Waals surface area contributed by atoms with Crippen LogP contribution in [0.2, 0.25) is 0 Å². The summed E-state index contributed by atoms with van der Waals surface area (Å²) in [5, 5.41) is 7.04. The summed E-state index contributed by atoms with van der Waals surface area (Å²) in [6.45, 7) is 9.19. The van der Waals surface area contributed by atoms with Crippen LogP contribution in [0.3, 0.4) is 0 Å². The molecule has 2 unspecified atom stereocenters. The minimum Gasteiger partial charge on any atom is -0.317 e. The van der Waals surface area contributed by atoms with Crippen LogP contribution in [0, 0.1) is 11.8 Å². The van der Waals surface area contributed by atoms with Crippen molar-refractivity contribution in [3.05, 3.63) is 0 Å². The highest BCUT2D eigenvalue weighted by Gasteiger charge is 2.29. The minimum absolute atomic E-state index is 0.991. The van der Waals surface area contributed by atoms with E-state index in [1.807, 2.05) is 0 Å². The molecule has 0 aromatic carbocycles. The van der Waals surface area contributed by atoms with E-state index in [-0.39, 0.29) is 0 Å². The van der Waals surface area contributed by atoms with Gasteiger partial charge in [-0.05, 0) is 57.3 Å². The van der Waals surface area contributed by atoms with Gasteiger partial charge in [-0.1, -0.05) is 58.8 Å². The molecule has 0 saturated heterocycles. The molecule has 0 aromatic heterocycles. The van der Waals surface area contributed by atoms with Crippen LogP contribution in [0.1, 0.15) is 78.1 Å². The maximum Gasteiger partial charge on any atom is -0.00179 e. The van der Waals surface area contributed by atoms with E-state index >= 15 is 0 Å². The average molecular weight is 283 g/mol. The van der Waals surface area contributed by atoms with Crippen LogP contribution in [0.5, 0.6) is 0 Å². The lowest BCUT2D eigenvalue weighted by Gasteiger charge is -2.37. The minimum atomic E-state index is 0.991. The molecule has 0 bridgehead atoms. The Hall–Kier alpha value is -0.0800. The monoisotopic (exact) mass is 282 g/mol. The van der Waals surface area contributed by atoms with Crippen LogP contribution in [0.4, 0.5) is 0 Å². The van der Waals surface area contributed by atoms with Gasteiger partial charge >= 0.3 is 0 Å². The van der Waals surface area contributed by atoms with E-state index < -0.39 is 0 Å². The largest absolute Gasteiger partial charge is 0.317 e. The molecule has 0 aromatic rings. The number of hydrogen-bond donors (Lipinski definition) is 2. The molecule has 120 valence electrons. The Labute approximate surface area is 127 Å². The van der Waals surface area contributed by atoms with Crippen molar-refractivity contribution in [3.8, 4) is 0 Å². The highest BCUT2D eigenvalue weighted by Crippen LogP contribution is 2.37. The predicted octanol–water partition coefficient (Wildman–Crippen LogP) is 4.35. The Bertz CT molecular complexity index is 184. The second kappa shape index (κ2) is 12.6. The van der Waals surface area contributed by atoms with Gasteiger partial charge in [0.05, 0.1) is 0 Å². The van der Waals surface area contributed by atoms with Gasteiger partial charge in [-0.15, -0.1) is 0 Å². The van der Waals surface area contributed by atoms with E-state index in [2.05, 4.69) is 24.5 Å². The molecule has 0 heterocycles. The van der Waals surface area contributed by atoms with E-state index in [1.165, 1.54) is 77.3 Å². The van der Waals surface area contributed by atoms with Gasteiger partial charge in [0.2, 0.25) is 0 Å². The number of nitrogens with one attached hydrogen (secondary N) is 2. The zero-order valence-electron chi connectivity index (χ0n) is 14.1. The fourth-order valence-corrected chi connectivity index (χ4v) is 3.28. The lowest BCUT2D eigenvalue weighted by molar-refractivity contribution is 0.156. The topological polar surface area (TPSA) is 24.1 Å². The Morgan fingerprint density at radius 1 is 0.750 bits per heavy atom. The summed E-state index contributed by atoms with van der Waals surface area (Å²) in [6.07, 6.45) is 14.4. The highest BCUT2D eigenvalue weighted by molar-refractivity contribution is 4.82. The van der Waals surface area contributed by atoms with Crippen molar-refractivity contribution in [2.75, 3.05) is 26.2 Å². The van der Waals surface area contributed by atoms with E-state index in [1.54, 1.807) is 0 Å². The van der Waals surface area contributed by atoms with Gasteiger partial charge in [-0.2, -0.15) is 0 Å². The fraction of sp³-hybridized carbons (Fsp3) is 1.00. The molecular weight excluding hydrogens is 244 g/mol. The fourth-order valence-electron chi connectivity index (χ4n) is 3.28. The number of unbranched alkanes of at least 4 members (excludes halogenated alkanes) is 5. The van der Waals surface area contributed by atoms with E-state index in [4.69, 9.17) is 0 Å². The van der Waals surface area contributed by atoms with Gasteiger partial charge in [0, 0.05) is 0 Å². The molecule has 2 N–H and O–H groups in total. The summed E-state index contributed by atoms with van der Waals surface area (Å²) >= 11 is 0. The molecule has 2 atom stereocenters. The van der Waals surface area contributed by atoms with Crippen molar-refractivity contribution in [3.63, 3.8) is 0 Å². The third kappa shape index (κ3) is 8.26. The summed E-state index contributed by atoms with van der Waals surface area (Å²) in [6, 6.07) is 0. The standard InChI is InChI=1S/C18H38N2/c1-3-5-6-7-8-9-11-17-12-13-18(17)16-20-15-10-14-19-4-2/h17-20H,3-16H2,1-2H3. The van der Waals surface area contributed by atoms with Gasteiger partial charge in [0.25, 0.3) is 0 Å². The number of rotatable bonds is 14. The van der Waals surface area contributed by atoms with E-state index in [0.717, 1.165) is 24.9 Å². The van der Waals surface area contributed by atoms with Crippen LogP contribution in [-0.4, -0.2) is 26.2 Å². The van der Waals surface area contributed by atoms with Crippen LogP contribution >= 0.6 is 0 Å². The van der Waals surface area contributed by atoms with Crippen molar-refractivity contribution in [1.82, 2.24) is 10.6 Å². The lowest BCUT2D eigenvalue weighted by Crippen LogP contribution is -2.36. The molecule has 1 aliphatic carbocycles. The Balaban J connectivity index is 1.86. The van der Waals surface area contributed by atoms with Crippen molar-refractivity contribution >= 4 is 0 Å². The third-order valence-corrected chi connectivity index (χ3v) is 4.87. The molecule has 1 fully saturated rings. The first kappa shape index (κ1) is 18.0. The summed E-state index contributed by atoms with van der Waals surface area (Å²) in [7, 11) is 0. The summed E-state index contributed by atoms with van der Waals surface area (Å²) < 4.78 is 0. The van der Waals surface area contributed by atoms with E-state index in [0.29, 0.717) is 0 Å². The first-order valence-corrected chi connectivity index (χ1v) is 9.29. The van der Waals surface area contributed by atoms with Crippen molar-refractivity contribution in [2.24, 2.45) is 11.8 Å². The molecule has 0 amide bonds.